The molecule has 3 aliphatic rings. The lowest BCUT2D eigenvalue weighted by molar-refractivity contribution is -0.115. The average molecular weight is 490 g/mol. The second kappa shape index (κ2) is 9.95. The molecular weight excluding hydrogens is 462 g/mol. The Hall–Kier alpha value is -3.59. The van der Waals surface area contributed by atoms with E-state index in [1.165, 1.54) is 16.4 Å². The maximum Gasteiger partial charge on any atom is 0.284 e. The second-order valence-electron chi connectivity index (χ2n) is 8.54. The first-order valence-corrected chi connectivity index (χ1v) is 12.6. The number of thioether (sulfide) groups is 1. The number of carbonyl (C=O) groups is 1. The number of fused-ring (bicyclic) bond motifs is 3. The minimum atomic E-state index is -0.408. The molecule has 5 rings (SSSR count). The molecule has 0 aromatic heterocycles. The highest BCUT2D eigenvalue weighted by Gasteiger charge is 2.28. The van der Waals surface area contributed by atoms with Crippen LogP contribution in [-0.4, -0.2) is 37.6 Å². The highest BCUT2D eigenvalue weighted by atomic mass is 32.2. The molecular formula is C26H27N5O3S. The van der Waals surface area contributed by atoms with E-state index in [1.807, 2.05) is 55.5 Å². The number of amides is 1. The van der Waals surface area contributed by atoms with Gasteiger partial charge in [0.15, 0.2) is 11.0 Å². The Morgan fingerprint density at radius 3 is 2.74 bits per heavy atom. The molecule has 0 aliphatic carbocycles. The van der Waals surface area contributed by atoms with E-state index < -0.39 is 5.25 Å². The topological polar surface area (TPSA) is 91.0 Å². The predicted octanol–water partition coefficient (Wildman–Crippen LogP) is 4.39. The van der Waals surface area contributed by atoms with Gasteiger partial charge in [-0.05, 0) is 50.5 Å². The first-order valence-electron chi connectivity index (χ1n) is 11.7. The summed E-state index contributed by atoms with van der Waals surface area (Å²) in [6, 6.07) is 16.7. The first kappa shape index (κ1) is 23.2. The van der Waals surface area contributed by atoms with Crippen LogP contribution in [-0.2, 0) is 17.8 Å². The van der Waals surface area contributed by atoms with Crippen molar-refractivity contribution in [1.82, 2.24) is 19.3 Å². The molecule has 1 amide bonds. The molecule has 0 spiro atoms. The van der Waals surface area contributed by atoms with Gasteiger partial charge in [-0.3, -0.25) is 9.59 Å². The van der Waals surface area contributed by atoms with Crippen LogP contribution >= 0.6 is 11.8 Å². The molecule has 0 saturated heterocycles. The third kappa shape index (κ3) is 4.68. The highest BCUT2D eigenvalue weighted by Crippen LogP contribution is 2.32. The van der Waals surface area contributed by atoms with Crippen molar-refractivity contribution in [3.63, 3.8) is 0 Å². The lowest BCUT2D eigenvalue weighted by Crippen LogP contribution is -2.24. The van der Waals surface area contributed by atoms with Gasteiger partial charge in [-0.1, -0.05) is 42.4 Å². The lowest BCUT2D eigenvalue weighted by atomic mass is 10.1. The molecule has 3 aliphatic heterocycles. The van der Waals surface area contributed by atoms with Crippen molar-refractivity contribution in [1.29, 1.82) is 0 Å². The van der Waals surface area contributed by atoms with Crippen LogP contribution < -0.4 is 15.6 Å². The Morgan fingerprint density at radius 2 is 1.94 bits per heavy atom. The van der Waals surface area contributed by atoms with E-state index >= 15 is 0 Å². The number of carbonyl (C=O) groups excluding carboxylic acids is 1. The number of nitrogens with one attached hydrogen (secondary N) is 1. The van der Waals surface area contributed by atoms with E-state index in [4.69, 9.17) is 9.72 Å². The third-order valence-corrected chi connectivity index (χ3v) is 7.25. The van der Waals surface area contributed by atoms with E-state index in [-0.39, 0.29) is 11.5 Å². The van der Waals surface area contributed by atoms with Crippen LogP contribution in [0, 0.1) is 0 Å². The van der Waals surface area contributed by atoms with Crippen molar-refractivity contribution in [2.45, 2.75) is 49.6 Å². The number of benzene rings is 2. The molecule has 3 heterocycles. The minimum Gasteiger partial charge on any atom is -0.497 e. The van der Waals surface area contributed by atoms with Gasteiger partial charge in [-0.15, -0.1) is 5.10 Å². The summed E-state index contributed by atoms with van der Waals surface area (Å²) in [7, 11) is 1.59. The zero-order valence-corrected chi connectivity index (χ0v) is 20.5. The maximum absolute atomic E-state index is 13.4. The minimum absolute atomic E-state index is 0.132. The molecule has 0 bridgehead atoms. The molecule has 9 heteroatoms. The van der Waals surface area contributed by atoms with Gasteiger partial charge in [-0.25, -0.2) is 4.98 Å². The van der Waals surface area contributed by atoms with Crippen molar-refractivity contribution >= 4 is 23.4 Å². The van der Waals surface area contributed by atoms with Gasteiger partial charge in [0.2, 0.25) is 5.91 Å². The third-order valence-electron chi connectivity index (χ3n) is 6.16. The number of nitrogens with zero attached hydrogens (tertiary/aromatic N) is 4. The normalized spacial score (nSPS) is 14.2. The van der Waals surface area contributed by atoms with Gasteiger partial charge < -0.3 is 14.6 Å². The molecule has 180 valence electrons. The number of hydrogen-bond donors (Lipinski definition) is 1. The molecule has 0 saturated carbocycles. The van der Waals surface area contributed by atoms with Crippen LogP contribution in [0.25, 0.3) is 17.1 Å². The van der Waals surface area contributed by atoms with Gasteiger partial charge in [0.05, 0.1) is 18.0 Å². The second-order valence-corrected chi connectivity index (χ2v) is 9.84. The molecule has 1 unspecified atom stereocenters. The zero-order chi connectivity index (χ0) is 24.4. The first-order chi connectivity index (χ1) is 17.0. The van der Waals surface area contributed by atoms with E-state index in [0.29, 0.717) is 33.7 Å². The quantitative estimate of drug-likeness (QED) is 0.319. The molecule has 2 aromatic carbocycles. The number of hydrogen-bond acceptors (Lipinski definition) is 6. The number of para-hydroxylation sites is 1. The standard InChI is InChI=1S/C26H27N5O3S/c1-17(24(32)27-18-10-9-13-20(16-18)34-2)35-26-28-23-22(21-14-7-4-8-15-30(21)26)25(33)31(29-23)19-11-5-3-6-12-19/h3,5-6,9-13,16-17H,4,7-8,14-15H2,1-2H3,(H,27,32). The summed E-state index contributed by atoms with van der Waals surface area (Å²) >= 11 is 1.39. The van der Waals surface area contributed by atoms with E-state index in [1.54, 1.807) is 13.2 Å². The Balaban J connectivity index is 1.50. The average Bonchev–Trinajstić information content (AvgIpc) is 3.04. The van der Waals surface area contributed by atoms with E-state index in [0.717, 1.165) is 37.9 Å². The Kier molecular flexibility index (Phi) is 6.59. The van der Waals surface area contributed by atoms with Crippen LogP contribution in [0.4, 0.5) is 5.69 Å². The van der Waals surface area contributed by atoms with Crippen LogP contribution in [0.2, 0.25) is 0 Å². The molecule has 1 N–H and O–H groups in total. The number of aromatic nitrogens is 4. The highest BCUT2D eigenvalue weighted by molar-refractivity contribution is 8.00. The summed E-state index contributed by atoms with van der Waals surface area (Å²) < 4.78 is 8.79. The van der Waals surface area contributed by atoms with Crippen molar-refractivity contribution in [3.05, 3.63) is 70.6 Å². The van der Waals surface area contributed by atoms with Crippen LogP contribution in [0.15, 0.2) is 64.5 Å². The molecule has 1 atom stereocenters. The van der Waals surface area contributed by atoms with Gasteiger partial charge in [0.25, 0.3) is 5.56 Å². The largest absolute Gasteiger partial charge is 0.497 e. The summed E-state index contributed by atoms with van der Waals surface area (Å²) in [6.45, 7) is 2.62. The van der Waals surface area contributed by atoms with Gasteiger partial charge >= 0.3 is 0 Å². The van der Waals surface area contributed by atoms with Crippen molar-refractivity contribution in [3.8, 4) is 22.8 Å². The molecule has 35 heavy (non-hydrogen) atoms. The zero-order valence-electron chi connectivity index (χ0n) is 19.7. The summed E-state index contributed by atoms with van der Waals surface area (Å²) in [6.07, 6.45) is 3.88. The van der Waals surface area contributed by atoms with Crippen molar-refractivity contribution in [2.75, 3.05) is 12.4 Å². The number of anilines is 1. The van der Waals surface area contributed by atoms with Gasteiger partial charge in [0, 0.05) is 24.0 Å². The fourth-order valence-corrected chi connectivity index (χ4v) is 5.29. The summed E-state index contributed by atoms with van der Waals surface area (Å²) in [5.41, 5.74) is 2.78. The molecule has 2 aromatic rings. The fraction of sp³-hybridized carbons (Fsp3) is 0.308. The Morgan fingerprint density at radius 1 is 1.11 bits per heavy atom. The van der Waals surface area contributed by atoms with Crippen LogP contribution in [0.3, 0.4) is 0 Å². The maximum atomic E-state index is 13.4. The summed E-state index contributed by atoms with van der Waals surface area (Å²) in [5.74, 6) is 0.973. The predicted molar refractivity (Wildman–Crippen MR) is 137 cm³/mol. The number of ether oxygens (including phenoxy) is 1. The summed E-state index contributed by atoms with van der Waals surface area (Å²) in [5, 5.41) is 7.83. The van der Waals surface area contributed by atoms with Gasteiger partial charge in [0.1, 0.15) is 11.3 Å². The SMILES string of the molecule is COc1cccc(NC(=O)C(C)Sc2nc3nn(-c4ccccc4)c(=O)c-3c3n2CCCCC3)c1. The van der Waals surface area contributed by atoms with E-state index in [9.17, 15) is 9.59 Å². The van der Waals surface area contributed by atoms with Crippen LogP contribution in [0.1, 0.15) is 31.9 Å². The van der Waals surface area contributed by atoms with Crippen molar-refractivity contribution in [2.24, 2.45) is 0 Å². The molecule has 8 nitrogen and oxygen atoms in total. The summed E-state index contributed by atoms with van der Waals surface area (Å²) in [4.78, 5) is 31.1. The Bertz CT molecular complexity index is 1380. The Labute approximate surface area is 207 Å². The lowest BCUT2D eigenvalue weighted by Gasteiger charge is -2.19. The molecule has 0 radical (unpaired) electrons. The number of methoxy groups -OCH3 is 1. The van der Waals surface area contributed by atoms with E-state index in [2.05, 4.69) is 15.0 Å². The van der Waals surface area contributed by atoms with Crippen molar-refractivity contribution < 1.29 is 9.53 Å². The van der Waals surface area contributed by atoms with Gasteiger partial charge in [-0.2, -0.15) is 4.68 Å². The van der Waals surface area contributed by atoms with Crippen LogP contribution in [0.5, 0.6) is 5.75 Å². The smallest absolute Gasteiger partial charge is 0.284 e. The number of rotatable bonds is 6. The molecule has 0 fully saturated rings. The monoisotopic (exact) mass is 489 g/mol. The fourth-order valence-electron chi connectivity index (χ4n) is 4.34.